The van der Waals surface area contributed by atoms with Gasteiger partial charge in [-0.05, 0) is 48.7 Å². The number of anilines is 1. The van der Waals surface area contributed by atoms with Gasteiger partial charge in [-0.2, -0.15) is 0 Å². The van der Waals surface area contributed by atoms with E-state index in [0.29, 0.717) is 22.8 Å². The molecule has 0 bridgehead atoms. The Morgan fingerprint density at radius 1 is 0.975 bits per heavy atom. The topological polar surface area (TPSA) is 96.0 Å². The van der Waals surface area contributed by atoms with Crippen molar-refractivity contribution < 1.29 is 22.7 Å². The summed E-state index contributed by atoms with van der Waals surface area (Å²) in [5.41, 5.74) is 1.85. The van der Waals surface area contributed by atoms with Crippen LogP contribution in [-0.2, 0) is 32.6 Å². The summed E-state index contributed by atoms with van der Waals surface area (Å²) in [7, 11) is -2.39. The third kappa shape index (κ3) is 8.72. The summed E-state index contributed by atoms with van der Waals surface area (Å²) in [6.07, 6.45) is 2.00. The van der Waals surface area contributed by atoms with Gasteiger partial charge < -0.3 is 15.0 Å². The number of ether oxygens (including phenoxy) is 1. The zero-order chi connectivity index (χ0) is 29.3. The normalized spacial score (nSPS) is 12.7. The van der Waals surface area contributed by atoms with Gasteiger partial charge in [0.2, 0.25) is 21.8 Å². The zero-order valence-electron chi connectivity index (χ0n) is 23.2. The summed E-state index contributed by atoms with van der Waals surface area (Å²) in [4.78, 5) is 29.2. The van der Waals surface area contributed by atoms with E-state index in [1.807, 2.05) is 50.2 Å². The second kappa shape index (κ2) is 14.2. The van der Waals surface area contributed by atoms with Crippen LogP contribution in [0.15, 0.2) is 78.9 Å². The van der Waals surface area contributed by atoms with E-state index in [1.165, 1.54) is 12.0 Å². The minimum Gasteiger partial charge on any atom is -0.497 e. The highest BCUT2D eigenvalue weighted by Crippen LogP contribution is 2.24. The van der Waals surface area contributed by atoms with Gasteiger partial charge in [0.25, 0.3) is 0 Å². The third-order valence-corrected chi connectivity index (χ3v) is 7.91. The Balaban J connectivity index is 2.06. The fraction of sp³-hybridized carbons (Fsp3) is 0.333. The summed E-state index contributed by atoms with van der Waals surface area (Å²) in [5, 5.41) is 3.49. The molecule has 40 heavy (non-hydrogen) atoms. The molecule has 0 spiro atoms. The van der Waals surface area contributed by atoms with Crippen LogP contribution in [0, 0.1) is 0 Å². The molecule has 0 aromatic heterocycles. The van der Waals surface area contributed by atoms with Crippen molar-refractivity contribution in [3.05, 3.63) is 95.0 Å². The molecule has 3 aromatic carbocycles. The van der Waals surface area contributed by atoms with E-state index in [0.717, 1.165) is 16.1 Å². The number of nitrogens with zero attached hydrogens (tertiary/aromatic N) is 2. The van der Waals surface area contributed by atoms with Crippen LogP contribution in [0.4, 0.5) is 5.69 Å². The lowest BCUT2D eigenvalue weighted by molar-refractivity contribution is -0.140. The van der Waals surface area contributed by atoms with E-state index < -0.39 is 28.5 Å². The number of sulfonamides is 1. The average molecular weight is 586 g/mol. The fourth-order valence-electron chi connectivity index (χ4n) is 4.21. The average Bonchev–Trinajstić information content (AvgIpc) is 2.93. The molecule has 0 saturated heterocycles. The molecule has 3 rings (SSSR count). The molecule has 0 fully saturated rings. The Bertz CT molecular complexity index is 1400. The highest BCUT2D eigenvalue weighted by atomic mass is 35.5. The predicted octanol–water partition coefficient (Wildman–Crippen LogP) is 4.67. The number of methoxy groups -OCH3 is 1. The van der Waals surface area contributed by atoms with Crippen LogP contribution in [-0.4, -0.2) is 57.1 Å². The number of carbonyl (C=O) groups is 2. The first-order chi connectivity index (χ1) is 19.0. The lowest BCUT2D eigenvalue weighted by Gasteiger charge is -2.34. The Morgan fingerprint density at radius 3 is 2.27 bits per heavy atom. The second-order valence-electron chi connectivity index (χ2n) is 9.65. The van der Waals surface area contributed by atoms with E-state index in [2.05, 4.69) is 5.32 Å². The number of rotatable bonds is 13. The summed E-state index contributed by atoms with van der Waals surface area (Å²) in [6, 6.07) is 21.9. The molecule has 214 valence electrons. The standard InChI is InChI=1S/C30H36ClN3O5S/c1-5-22(2)32-30(36)28(18-23-11-7-6-8-12-23)33(20-24-13-9-14-25(31)17-24)29(35)21-34(40(4,37)38)26-15-10-16-27(19-26)39-3/h6-17,19,22,28H,5,18,20-21H2,1-4H3,(H,32,36)/t22-,28+/m1/s1. The van der Waals surface area contributed by atoms with Crippen LogP contribution < -0.4 is 14.4 Å². The molecule has 10 heteroatoms. The highest BCUT2D eigenvalue weighted by molar-refractivity contribution is 7.92. The quantitative estimate of drug-likeness (QED) is 0.314. The number of nitrogens with one attached hydrogen (secondary N) is 1. The summed E-state index contributed by atoms with van der Waals surface area (Å²) >= 11 is 6.24. The number of benzene rings is 3. The van der Waals surface area contributed by atoms with Crippen LogP contribution in [0.2, 0.25) is 5.02 Å². The molecule has 3 aromatic rings. The van der Waals surface area contributed by atoms with E-state index in [-0.39, 0.29) is 30.6 Å². The molecule has 8 nitrogen and oxygen atoms in total. The first-order valence-corrected chi connectivity index (χ1v) is 15.2. The number of halogens is 1. The van der Waals surface area contributed by atoms with Gasteiger partial charge in [0.15, 0.2) is 0 Å². The minimum absolute atomic E-state index is 0.0561. The third-order valence-electron chi connectivity index (χ3n) is 6.53. The Morgan fingerprint density at radius 2 is 1.65 bits per heavy atom. The van der Waals surface area contributed by atoms with Crippen molar-refractivity contribution in [2.75, 3.05) is 24.2 Å². The molecule has 2 atom stereocenters. The van der Waals surface area contributed by atoms with Crippen molar-refractivity contribution in [1.29, 1.82) is 0 Å². The number of amides is 2. The predicted molar refractivity (Wildman–Crippen MR) is 159 cm³/mol. The number of hydrogen-bond acceptors (Lipinski definition) is 5. The largest absolute Gasteiger partial charge is 0.497 e. The van der Waals surface area contributed by atoms with Gasteiger partial charge >= 0.3 is 0 Å². The lowest BCUT2D eigenvalue weighted by Crippen LogP contribution is -2.54. The van der Waals surface area contributed by atoms with Crippen LogP contribution in [0.1, 0.15) is 31.4 Å². The Hall–Kier alpha value is -3.56. The van der Waals surface area contributed by atoms with Crippen molar-refractivity contribution >= 4 is 39.1 Å². The summed E-state index contributed by atoms with van der Waals surface area (Å²) in [5.74, 6) is -0.404. The molecule has 0 unspecified atom stereocenters. The smallest absolute Gasteiger partial charge is 0.244 e. The zero-order valence-corrected chi connectivity index (χ0v) is 24.8. The highest BCUT2D eigenvalue weighted by Gasteiger charge is 2.33. The van der Waals surface area contributed by atoms with Gasteiger partial charge in [-0.15, -0.1) is 0 Å². The fourth-order valence-corrected chi connectivity index (χ4v) is 5.26. The molecule has 0 aliphatic rings. The SMILES string of the molecule is CC[C@@H](C)NC(=O)[C@H](Cc1ccccc1)N(Cc1cccc(Cl)c1)C(=O)CN(c1cccc(OC)c1)S(C)(=O)=O. The van der Waals surface area contributed by atoms with Gasteiger partial charge in [0.1, 0.15) is 18.3 Å². The second-order valence-corrected chi connectivity index (χ2v) is 12.0. The maximum absolute atomic E-state index is 14.1. The van der Waals surface area contributed by atoms with Crippen molar-refractivity contribution in [3.63, 3.8) is 0 Å². The van der Waals surface area contributed by atoms with Crippen molar-refractivity contribution in [1.82, 2.24) is 10.2 Å². The van der Waals surface area contributed by atoms with Crippen LogP contribution in [0.3, 0.4) is 0 Å². The Labute approximate surface area is 241 Å². The first kappa shape index (κ1) is 31.0. The lowest BCUT2D eigenvalue weighted by atomic mass is 10.0. The van der Waals surface area contributed by atoms with Crippen LogP contribution in [0.25, 0.3) is 0 Å². The van der Waals surface area contributed by atoms with Crippen molar-refractivity contribution in [3.8, 4) is 5.75 Å². The summed E-state index contributed by atoms with van der Waals surface area (Å²) < 4.78 is 32.1. The van der Waals surface area contributed by atoms with Gasteiger partial charge in [-0.1, -0.05) is 67.1 Å². The molecule has 1 N–H and O–H groups in total. The summed E-state index contributed by atoms with van der Waals surface area (Å²) in [6.45, 7) is 3.41. The minimum atomic E-state index is -3.87. The number of hydrogen-bond donors (Lipinski definition) is 1. The van der Waals surface area contributed by atoms with Gasteiger partial charge in [-0.25, -0.2) is 8.42 Å². The van der Waals surface area contributed by atoms with E-state index >= 15 is 0 Å². The molecule has 0 aliphatic heterocycles. The van der Waals surface area contributed by atoms with Crippen molar-refractivity contribution in [2.24, 2.45) is 0 Å². The molecular weight excluding hydrogens is 550 g/mol. The molecular formula is C30H36ClN3O5S. The molecule has 0 heterocycles. The van der Waals surface area contributed by atoms with Crippen molar-refractivity contribution in [2.45, 2.75) is 45.3 Å². The van der Waals surface area contributed by atoms with Gasteiger partial charge in [0, 0.05) is 30.1 Å². The van der Waals surface area contributed by atoms with Crippen LogP contribution in [0.5, 0.6) is 5.75 Å². The van der Waals surface area contributed by atoms with E-state index in [1.54, 1.807) is 42.5 Å². The maximum Gasteiger partial charge on any atom is 0.244 e. The monoisotopic (exact) mass is 585 g/mol. The van der Waals surface area contributed by atoms with Gasteiger partial charge in [-0.3, -0.25) is 13.9 Å². The number of carbonyl (C=O) groups excluding carboxylic acids is 2. The maximum atomic E-state index is 14.1. The Kier molecular flexibility index (Phi) is 11.0. The van der Waals surface area contributed by atoms with E-state index in [4.69, 9.17) is 16.3 Å². The molecule has 0 aliphatic carbocycles. The van der Waals surface area contributed by atoms with Gasteiger partial charge in [0.05, 0.1) is 19.1 Å². The van der Waals surface area contributed by atoms with Crippen LogP contribution >= 0.6 is 11.6 Å². The first-order valence-electron chi connectivity index (χ1n) is 13.0. The molecule has 0 radical (unpaired) electrons. The molecule has 2 amide bonds. The van der Waals surface area contributed by atoms with E-state index in [9.17, 15) is 18.0 Å². The molecule has 0 saturated carbocycles.